The number of nitrogens with zero attached hydrogens (tertiary/aromatic N) is 2. The molecule has 0 N–H and O–H groups in total. The summed E-state index contributed by atoms with van der Waals surface area (Å²) >= 11 is 1.58. The molecule has 3 heteroatoms. The third-order valence-corrected chi connectivity index (χ3v) is 4.24. The Morgan fingerprint density at radius 2 is 1.58 bits per heavy atom. The van der Waals surface area contributed by atoms with Crippen molar-refractivity contribution in [1.82, 2.24) is 9.36 Å². The van der Waals surface area contributed by atoms with Gasteiger partial charge in [0.15, 0.2) is 0 Å². The Hall–Kier alpha value is -0.960. The number of aromatic nitrogens is 2. The second kappa shape index (κ2) is 4.86. The normalized spacial score (nSPS) is 12.9. The number of hydrogen-bond donors (Lipinski definition) is 0. The highest BCUT2D eigenvalue weighted by molar-refractivity contribution is 7.13. The predicted octanol–water partition coefficient (Wildman–Crippen LogP) is 5.24. The van der Waals surface area contributed by atoms with Crippen molar-refractivity contribution >= 4 is 21.6 Å². The molecule has 104 valence electrons. The standard InChI is InChI=1S/C16H24N2S/c1-9(2)13-12(16(5,6)7)11-8-17-19-15(11)14(18-13)10(3)4/h8-10H,1-7H3. The summed E-state index contributed by atoms with van der Waals surface area (Å²) in [4.78, 5) is 5.01. The van der Waals surface area contributed by atoms with Crippen LogP contribution >= 0.6 is 11.5 Å². The lowest BCUT2D eigenvalue weighted by molar-refractivity contribution is 0.575. The quantitative estimate of drug-likeness (QED) is 0.750. The van der Waals surface area contributed by atoms with Gasteiger partial charge in [-0.15, -0.1) is 0 Å². The van der Waals surface area contributed by atoms with Crippen LogP contribution in [0.3, 0.4) is 0 Å². The highest BCUT2D eigenvalue weighted by Crippen LogP contribution is 2.39. The maximum Gasteiger partial charge on any atom is 0.0771 e. The van der Waals surface area contributed by atoms with Crippen molar-refractivity contribution in [3.8, 4) is 0 Å². The van der Waals surface area contributed by atoms with Crippen LogP contribution in [0.5, 0.6) is 0 Å². The Morgan fingerprint density at radius 1 is 1.00 bits per heavy atom. The summed E-state index contributed by atoms with van der Waals surface area (Å²) in [5.41, 5.74) is 3.91. The largest absolute Gasteiger partial charge is 0.255 e. The smallest absolute Gasteiger partial charge is 0.0771 e. The van der Waals surface area contributed by atoms with Crippen LogP contribution in [0.2, 0.25) is 0 Å². The highest BCUT2D eigenvalue weighted by atomic mass is 32.1. The van der Waals surface area contributed by atoms with Crippen LogP contribution in [0, 0.1) is 0 Å². The van der Waals surface area contributed by atoms with Crippen LogP contribution in [0.15, 0.2) is 6.20 Å². The third kappa shape index (κ3) is 2.53. The molecule has 2 aromatic rings. The van der Waals surface area contributed by atoms with Crippen molar-refractivity contribution in [1.29, 1.82) is 0 Å². The zero-order valence-electron chi connectivity index (χ0n) is 13.0. The predicted molar refractivity (Wildman–Crippen MR) is 84.3 cm³/mol. The minimum absolute atomic E-state index is 0.100. The van der Waals surface area contributed by atoms with E-state index in [1.165, 1.54) is 27.0 Å². The molecule has 0 amide bonds. The van der Waals surface area contributed by atoms with Crippen molar-refractivity contribution in [2.75, 3.05) is 0 Å². The van der Waals surface area contributed by atoms with Crippen LogP contribution < -0.4 is 0 Å². The molecule has 2 heterocycles. The Labute approximate surface area is 120 Å². The second-order valence-electron chi connectivity index (χ2n) is 6.89. The minimum Gasteiger partial charge on any atom is -0.255 e. The fourth-order valence-electron chi connectivity index (χ4n) is 2.57. The van der Waals surface area contributed by atoms with Crippen LogP contribution in [0.1, 0.15) is 77.3 Å². The molecule has 0 saturated carbocycles. The molecule has 0 saturated heterocycles. The average molecular weight is 276 g/mol. The molecule has 19 heavy (non-hydrogen) atoms. The maximum absolute atomic E-state index is 5.01. The molecule has 0 fully saturated rings. The molecule has 0 spiro atoms. The second-order valence-corrected chi connectivity index (χ2v) is 7.69. The van der Waals surface area contributed by atoms with Crippen molar-refractivity contribution in [3.05, 3.63) is 23.1 Å². The first-order valence-electron chi connectivity index (χ1n) is 7.02. The number of hydrogen-bond acceptors (Lipinski definition) is 3. The maximum atomic E-state index is 5.01. The lowest BCUT2D eigenvalue weighted by Crippen LogP contribution is -2.18. The van der Waals surface area contributed by atoms with Gasteiger partial charge in [0, 0.05) is 17.3 Å². The summed E-state index contributed by atoms with van der Waals surface area (Å²) in [6.07, 6.45) is 2.03. The van der Waals surface area contributed by atoms with Crippen LogP contribution in [-0.4, -0.2) is 9.36 Å². The van der Waals surface area contributed by atoms with E-state index in [-0.39, 0.29) is 5.41 Å². The third-order valence-electron chi connectivity index (χ3n) is 3.41. The van der Waals surface area contributed by atoms with Gasteiger partial charge >= 0.3 is 0 Å². The van der Waals surface area contributed by atoms with E-state index >= 15 is 0 Å². The van der Waals surface area contributed by atoms with E-state index in [2.05, 4.69) is 52.8 Å². The van der Waals surface area contributed by atoms with Gasteiger partial charge in [-0.3, -0.25) is 4.98 Å². The molecular weight excluding hydrogens is 252 g/mol. The Balaban J connectivity index is 2.89. The van der Waals surface area contributed by atoms with E-state index in [1.807, 2.05) is 6.20 Å². The van der Waals surface area contributed by atoms with Crippen LogP contribution in [0.4, 0.5) is 0 Å². The van der Waals surface area contributed by atoms with Crippen molar-refractivity contribution in [2.45, 2.75) is 65.7 Å². The van der Waals surface area contributed by atoms with E-state index in [0.717, 1.165) is 0 Å². The van der Waals surface area contributed by atoms with E-state index < -0.39 is 0 Å². The van der Waals surface area contributed by atoms with Gasteiger partial charge < -0.3 is 0 Å². The monoisotopic (exact) mass is 276 g/mol. The van der Waals surface area contributed by atoms with Gasteiger partial charge in [-0.05, 0) is 34.3 Å². The molecule has 2 aromatic heterocycles. The lowest BCUT2D eigenvalue weighted by Gasteiger charge is -2.26. The van der Waals surface area contributed by atoms with E-state index in [0.29, 0.717) is 11.8 Å². The Morgan fingerprint density at radius 3 is 2.05 bits per heavy atom. The molecule has 0 bridgehead atoms. The molecule has 2 nitrogen and oxygen atoms in total. The molecule has 0 atom stereocenters. The van der Waals surface area contributed by atoms with Gasteiger partial charge in [-0.25, -0.2) is 0 Å². The summed E-state index contributed by atoms with van der Waals surface area (Å²) in [5.74, 6) is 0.880. The van der Waals surface area contributed by atoms with Crippen molar-refractivity contribution in [3.63, 3.8) is 0 Å². The summed E-state index contributed by atoms with van der Waals surface area (Å²) < 4.78 is 5.69. The fourth-order valence-corrected chi connectivity index (χ4v) is 3.47. The Bertz CT molecular complexity index is 589. The van der Waals surface area contributed by atoms with Crippen molar-refractivity contribution in [2.24, 2.45) is 0 Å². The van der Waals surface area contributed by atoms with Crippen LogP contribution in [-0.2, 0) is 5.41 Å². The molecule has 0 unspecified atom stereocenters. The van der Waals surface area contributed by atoms with E-state index in [9.17, 15) is 0 Å². The Kier molecular flexibility index (Phi) is 3.69. The average Bonchev–Trinajstić information content (AvgIpc) is 2.72. The van der Waals surface area contributed by atoms with Gasteiger partial charge in [0.05, 0.1) is 10.4 Å². The first-order chi connectivity index (χ1) is 8.73. The number of pyridine rings is 1. The van der Waals surface area contributed by atoms with Gasteiger partial charge in [-0.2, -0.15) is 4.37 Å². The lowest BCUT2D eigenvalue weighted by atomic mass is 9.81. The minimum atomic E-state index is 0.100. The first kappa shape index (κ1) is 14.4. The van der Waals surface area contributed by atoms with E-state index in [4.69, 9.17) is 4.98 Å². The van der Waals surface area contributed by atoms with Gasteiger partial charge in [-0.1, -0.05) is 48.5 Å². The first-order valence-corrected chi connectivity index (χ1v) is 7.79. The van der Waals surface area contributed by atoms with Gasteiger partial charge in [0.25, 0.3) is 0 Å². The fraction of sp³-hybridized carbons (Fsp3) is 0.625. The zero-order chi connectivity index (χ0) is 14.4. The summed E-state index contributed by atoms with van der Waals surface area (Å²) in [5, 5.41) is 1.31. The summed E-state index contributed by atoms with van der Waals surface area (Å²) in [6, 6.07) is 0. The van der Waals surface area contributed by atoms with Gasteiger partial charge in [0.2, 0.25) is 0 Å². The highest BCUT2D eigenvalue weighted by Gasteiger charge is 2.26. The van der Waals surface area contributed by atoms with Crippen LogP contribution in [0.25, 0.3) is 10.1 Å². The molecule has 0 aromatic carbocycles. The van der Waals surface area contributed by atoms with Crippen molar-refractivity contribution < 1.29 is 0 Å². The van der Waals surface area contributed by atoms with Gasteiger partial charge in [0.1, 0.15) is 0 Å². The number of fused-ring (bicyclic) bond motifs is 1. The zero-order valence-corrected chi connectivity index (χ0v) is 13.9. The molecule has 0 aliphatic rings. The molecule has 0 radical (unpaired) electrons. The SMILES string of the molecule is CC(C)c1nc(C(C)C)c2sncc2c1C(C)(C)C. The molecule has 0 aliphatic heterocycles. The topological polar surface area (TPSA) is 25.8 Å². The molecular formula is C16H24N2S. The summed E-state index contributed by atoms with van der Waals surface area (Å²) in [7, 11) is 0. The van der Waals surface area contributed by atoms with E-state index in [1.54, 1.807) is 11.5 Å². The molecule has 0 aliphatic carbocycles. The molecule has 2 rings (SSSR count). The number of rotatable bonds is 2. The summed E-state index contributed by atoms with van der Waals surface area (Å²) in [6.45, 7) is 15.7.